The Hall–Kier alpha value is -4.34. The number of methoxy groups -OCH3 is 1. The van der Waals surface area contributed by atoms with Gasteiger partial charge >= 0.3 is 0 Å². The van der Waals surface area contributed by atoms with E-state index in [0.717, 1.165) is 18.4 Å². The summed E-state index contributed by atoms with van der Waals surface area (Å²) >= 11 is 0. The van der Waals surface area contributed by atoms with Crippen LogP contribution in [0.1, 0.15) is 49.8 Å². The highest BCUT2D eigenvalue weighted by atomic mass is 17.3. The van der Waals surface area contributed by atoms with Crippen LogP contribution in [0.4, 0.5) is 0 Å². The molecule has 3 heterocycles. The van der Waals surface area contributed by atoms with Crippen molar-refractivity contribution in [1.29, 1.82) is 10.5 Å². The van der Waals surface area contributed by atoms with Gasteiger partial charge in [0, 0.05) is 29.7 Å². The Balaban J connectivity index is 1.42. The van der Waals surface area contributed by atoms with E-state index < -0.39 is 48.7 Å². The van der Waals surface area contributed by atoms with Gasteiger partial charge in [-0.15, -0.1) is 0 Å². The van der Waals surface area contributed by atoms with Gasteiger partial charge in [0.15, 0.2) is 5.60 Å². The van der Waals surface area contributed by atoms with Crippen molar-refractivity contribution >= 4 is 11.6 Å². The Bertz CT molecular complexity index is 1800. The van der Waals surface area contributed by atoms with Gasteiger partial charge in [-0.3, -0.25) is 0 Å². The molecule has 1 aliphatic carbocycles. The van der Waals surface area contributed by atoms with Crippen molar-refractivity contribution in [3.63, 3.8) is 0 Å². The number of aliphatic hydroxyl groups excluding tert-OH is 4. The van der Waals surface area contributed by atoms with Crippen molar-refractivity contribution in [2.45, 2.75) is 75.2 Å². The molecule has 2 aromatic rings. The number of nitrogens with zero attached hydrogens (tertiary/aromatic N) is 2. The van der Waals surface area contributed by atoms with E-state index in [1.165, 1.54) is 7.11 Å². The minimum Gasteiger partial charge on any atom is -0.462 e. The number of allylic oxidation sites excluding steroid dienone is 5. The summed E-state index contributed by atoms with van der Waals surface area (Å²) in [7, 11) is 1.52. The van der Waals surface area contributed by atoms with E-state index in [-0.39, 0.29) is 17.2 Å². The fourth-order valence-corrected chi connectivity index (χ4v) is 7.34. The summed E-state index contributed by atoms with van der Waals surface area (Å²) in [5.41, 5.74) is 2.24. The van der Waals surface area contributed by atoms with Gasteiger partial charge in [0.2, 0.25) is 6.29 Å². The fourth-order valence-electron chi connectivity index (χ4n) is 7.34. The van der Waals surface area contributed by atoms with Crippen molar-refractivity contribution in [3.05, 3.63) is 94.8 Å². The lowest BCUT2D eigenvalue weighted by molar-refractivity contribution is -0.624. The topological polar surface area (TPSA) is 184 Å². The van der Waals surface area contributed by atoms with Crippen LogP contribution in [-0.4, -0.2) is 70.4 Å². The van der Waals surface area contributed by atoms with E-state index in [2.05, 4.69) is 13.5 Å². The smallest absolute Gasteiger partial charge is 0.260 e. The van der Waals surface area contributed by atoms with Gasteiger partial charge < -0.3 is 39.4 Å². The molecule has 0 radical (unpaired) electrons. The highest BCUT2D eigenvalue weighted by Gasteiger charge is 2.67. The van der Waals surface area contributed by atoms with Gasteiger partial charge in [-0.1, -0.05) is 49.4 Å². The third-order valence-electron chi connectivity index (χ3n) is 10.0. The maximum absolute atomic E-state index is 10.7. The first-order valence-electron chi connectivity index (χ1n) is 16.4. The van der Waals surface area contributed by atoms with Gasteiger partial charge in [-0.05, 0) is 68.0 Å². The van der Waals surface area contributed by atoms with Crippen LogP contribution in [0.25, 0.3) is 11.6 Å². The number of fused-ring (bicyclic) bond motifs is 1. The Kier molecular flexibility index (Phi) is 10.0. The lowest BCUT2D eigenvalue weighted by Crippen LogP contribution is -2.68. The van der Waals surface area contributed by atoms with Crippen LogP contribution in [0.5, 0.6) is 11.5 Å². The molecule has 6 rings (SSSR count). The van der Waals surface area contributed by atoms with E-state index in [0.29, 0.717) is 46.1 Å². The second kappa shape index (κ2) is 14.1. The molecule has 2 aromatic carbocycles. The average Bonchev–Trinajstić information content (AvgIpc) is 3.11. The van der Waals surface area contributed by atoms with Gasteiger partial charge in [0.05, 0.1) is 6.61 Å². The van der Waals surface area contributed by atoms with Crippen LogP contribution in [0.2, 0.25) is 0 Å². The molecule has 0 amide bonds. The molecule has 12 heteroatoms. The molecule has 3 aliphatic heterocycles. The molecule has 4 aliphatic rings. The summed E-state index contributed by atoms with van der Waals surface area (Å²) < 4.78 is 24.0. The maximum Gasteiger partial charge on any atom is 0.260 e. The lowest BCUT2D eigenvalue weighted by atomic mass is 9.67. The highest BCUT2D eigenvalue weighted by molar-refractivity contribution is 5.87. The Morgan fingerprint density at radius 1 is 1.04 bits per heavy atom. The molecule has 0 spiro atoms. The number of nitriles is 2. The zero-order valence-corrected chi connectivity index (χ0v) is 28.0. The van der Waals surface area contributed by atoms with Gasteiger partial charge in [-0.2, -0.15) is 15.4 Å². The van der Waals surface area contributed by atoms with E-state index in [1.54, 1.807) is 60.7 Å². The summed E-state index contributed by atoms with van der Waals surface area (Å²) in [6.07, 6.45) is 0.188. The number of hydrogen-bond donors (Lipinski definition) is 4. The predicted octanol–water partition coefficient (Wildman–Crippen LogP) is 4.17. The van der Waals surface area contributed by atoms with E-state index in [9.17, 15) is 30.9 Å². The van der Waals surface area contributed by atoms with Crippen molar-refractivity contribution in [2.75, 3.05) is 13.7 Å². The molecule has 0 aromatic heterocycles. The van der Waals surface area contributed by atoms with Crippen LogP contribution >= 0.6 is 0 Å². The van der Waals surface area contributed by atoms with Crippen LogP contribution in [0.3, 0.4) is 0 Å². The van der Waals surface area contributed by atoms with Crippen molar-refractivity contribution in [1.82, 2.24) is 0 Å². The number of rotatable bonds is 8. The van der Waals surface area contributed by atoms with Gasteiger partial charge in [-0.25, -0.2) is 4.89 Å². The van der Waals surface area contributed by atoms with Crippen molar-refractivity contribution in [2.24, 2.45) is 11.8 Å². The Labute approximate surface area is 290 Å². The largest absolute Gasteiger partial charge is 0.462 e. The van der Waals surface area contributed by atoms with E-state index >= 15 is 0 Å². The minimum atomic E-state index is -1.62. The van der Waals surface area contributed by atoms with Crippen LogP contribution in [-0.2, 0) is 25.0 Å². The molecule has 3 fully saturated rings. The van der Waals surface area contributed by atoms with Crippen molar-refractivity contribution in [3.8, 4) is 23.6 Å². The lowest BCUT2D eigenvalue weighted by Gasteiger charge is -2.58. The quantitative estimate of drug-likeness (QED) is 0.177. The first kappa shape index (κ1) is 35.5. The standard InChI is InChI=1S/C38H40N2O10/c1-21-13-22(2)15-25(14-21)37(3)38(45-4,50-49-37)30-17-27(47-36-35(44)34(43)33(42)32(20-41)48-36)12-10-23(30)9-11-26-16-29(24(18-39)19-40)28-7-5-6-8-31(28)46-26/h5-12,16-17,22,25,32-36,41-44H,1,13-15,20H2,2-4H3/b11-9+. The summed E-state index contributed by atoms with van der Waals surface area (Å²) in [6, 6.07) is 16.1. The van der Waals surface area contributed by atoms with Gasteiger partial charge in [0.25, 0.3) is 5.79 Å². The SMILES string of the molecule is C=C1CC(C)CC(C2(C)OOC2(OC)c2cc(OC3OC(CO)C(O)C(O)C3O)ccc2/C=C/C2=CC(=C(C#N)C#N)c3ccccc3O2)C1. The number of para-hydroxylation sites is 1. The molecule has 9 atom stereocenters. The predicted molar refractivity (Wildman–Crippen MR) is 178 cm³/mol. The molecule has 12 nitrogen and oxygen atoms in total. The van der Waals surface area contributed by atoms with Crippen LogP contribution in [0.15, 0.2) is 78.1 Å². The van der Waals surface area contributed by atoms with E-state index in [1.807, 2.05) is 19.1 Å². The second-order valence-corrected chi connectivity index (χ2v) is 13.3. The highest BCUT2D eigenvalue weighted by Crippen LogP contribution is 2.58. The number of aliphatic hydroxyl groups is 4. The number of hydrogen-bond acceptors (Lipinski definition) is 12. The first-order valence-corrected chi connectivity index (χ1v) is 16.4. The molecule has 9 unspecified atom stereocenters. The van der Waals surface area contributed by atoms with Crippen molar-refractivity contribution < 1.29 is 49.1 Å². The fraction of sp³-hybridized carbons (Fsp3) is 0.421. The molecule has 50 heavy (non-hydrogen) atoms. The first-order chi connectivity index (χ1) is 24.0. The third kappa shape index (κ3) is 6.15. The summed E-state index contributed by atoms with van der Waals surface area (Å²) in [5, 5.41) is 60.3. The average molecular weight is 685 g/mol. The Morgan fingerprint density at radius 2 is 1.80 bits per heavy atom. The number of ether oxygens (including phenoxy) is 4. The van der Waals surface area contributed by atoms with Crippen LogP contribution < -0.4 is 9.47 Å². The Morgan fingerprint density at radius 3 is 2.46 bits per heavy atom. The molecular formula is C38H40N2O10. The number of benzene rings is 2. The summed E-state index contributed by atoms with van der Waals surface area (Å²) in [4.78, 5) is 11.9. The van der Waals surface area contributed by atoms with Crippen LogP contribution in [0, 0.1) is 34.5 Å². The van der Waals surface area contributed by atoms with E-state index in [4.69, 9.17) is 28.7 Å². The summed E-state index contributed by atoms with van der Waals surface area (Å²) in [5.74, 6) is -0.0478. The second-order valence-electron chi connectivity index (χ2n) is 13.3. The molecule has 4 N–H and O–H groups in total. The third-order valence-corrected chi connectivity index (χ3v) is 10.0. The molecule has 262 valence electrons. The zero-order chi connectivity index (χ0) is 35.8. The molecule has 2 saturated heterocycles. The molecule has 0 bridgehead atoms. The normalized spacial score (nSPS) is 33.7. The molecular weight excluding hydrogens is 644 g/mol. The zero-order valence-electron chi connectivity index (χ0n) is 28.0. The minimum absolute atomic E-state index is 0.0248. The summed E-state index contributed by atoms with van der Waals surface area (Å²) in [6.45, 7) is 7.76. The van der Waals surface area contributed by atoms with Gasteiger partial charge in [0.1, 0.15) is 59.4 Å². The molecule has 1 saturated carbocycles. The maximum atomic E-state index is 10.7. The monoisotopic (exact) mass is 684 g/mol.